The first kappa shape index (κ1) is 15.2. The molecular weight excluding hydrogens is 354 g/mol. The Morgan fingerprint density at radius 3 is 2.60 bits per heavy atom. The molecule has 0 saturated carbocycles. The average Bonchev–Trinajstić information content (AvgIpc) is 2.43. The highest BCUT2D eigenvalue weighted by atomic mass is 79.9. The Morgan fingerprint density at radius 1 is 1.25 bits per heavy atom. The van der Waals surface area contributed by atoms with Gasteiger partial charge in [-0.1, -0.05) is 11.6 Å². The van der Waals surface area contributed by atoms with Crippen molar-refractivity contribution in [1.82, 2.24) is 0 Å². The number of hydrogen-bond donors (Lipinski definition) is 1. The van der Waals surface area contributed by atoms with Gasteiger partial charge in [0.25, 0.3) is 0 Å². The number of hydrogen-bond acceptors (Lipinski definition) is 2. The third kappa shape index (κ3) is 2.80. The van der Waals surface area contributed by atoms with Crippen LogP contribution in [-0.2, 0) is 0 Å². The zero-order valence-electron chi connectivity index (χ0n) is 10.3. The summed E-state index contributed by atoms with van der Waals surface area (Å²) >= 11 is 8.81. The van der Waals surface area contributed by atoms with Crippen LogP contribution in [0.5, 0.6) is 5.75 Å². The number of rotatable bonds is 3. The Kier molecular flexibility index (Phi) is 4.62. The number of benzene rings is 2. The van der Waals surface area contributed by atoms with Gasteiger partial charge in [0, 0.05) is 10.6 Å². The molecule has 1 atom stereocenters. The molecule has 20 heavy (non-hydrogen) atoms. The maximum absolute atomic E-state index is 14.0. The molecule has 0 aliphatic rings. The van der Waals surface area contributed by atoms with Crippen LogP contribution in [0.25, 0.3) is 0 Å². The molecule has 0 fully saturated rings. The molecule has 6 heteroatoms. The predicted octanol–water partition coefficient (Wildman–Crippen LogP) is 4.47. The van der Waals surface area contributed by atoms with E-state index in [-0.39, 0.29) is 10.0 Å². The van der Waals surface area contributed by atoms with Crippen molar-refractivity contribution in [3.8, 4) is 5.75 Å². The molecule has 2 nitrogen and oxygen atoms in total. The van der Waals surface area contributed by atoms with Crippen LogP contribution in [0.4, 0.5) is 8.78 Å². The van der Waals surface area contributed by atoms with Crippen LogP contribution in [0.3, 0.4) is 0 Å². The van der Waals surface area contributed by atoms with E-state index in [1.54, 1.807) is 6.07 Å². The highest BCUT2D eigenvalue weighted by Gasteiger charge is 2.24. The molecule has 106 valence electrons. The topological polar surface area (TPSA) is 29.5 Å². The fraction of sp³-hybridized carbons (Fsp3) is 0.143. The quantitative estimate of drug-likeness (QED) is 0.815. The Bertz CT molecular complexity index is 649. The molecule has 0 aliphatic heterocycles. The Hall–Kier alpha value is -1.17. The van der Waals surface area contributed by atoms with Gasteiger partial charge in [-0.3, -0.25) is 0 Å². The third-order valence-corrected chi connectivity index (χ3v) is 3.69. The Balaban J connectivity index is 2.60. The first-order valence-electron chi connectivity index (χ1n) is 5.60. The molecule has 1 unspecified atom stereocenters. The Labute approximate surface area is 128 Å². The highest BCUT2D eigenvalue weighted by Crippen LogP contribution is 2.36. The van der Waals surface area contributed by atoms with Gasteiger partial charge >= 0.3 is 0 Å². The van der Waals surface area contributed by atoms with E-state index in [9.17, 15) is 13.9 Å². The molecule has 2 aromatic carbocycles. The van der Waals surface area contributed by atoms with Crippen LogP contribution >= 0.6 is 27.5 Å². The maximum Gasteiger partial charge on any atom is 0.146 e. The van der Waals surface area contributed by atoms with E-state index >= 15 is 0 Å². The van der Waals surface area contributed by atoms with E-state index in [4.69, 9.17) is 16.3 Å². The van der Waals surface area contributed by atoms with Gasteiger partial charge in [0.2, 0.25) is 0 Å². The van der Waals surface area contributed by atoms with E-state index in [0.717, 1.165) is 6.07 Å². The number of methoxy groups -OCH3 is 1. The molecule has 0 aromatic heterocycles. The van der Waals surface area contributed by atoms with Gasteiger partial charge in [0.15, 0.2) is 0 Å². The molecule has 0 aliphatic carbocycles. The molecule has 2 rings (SSSR count). The van der Waals surface area contributed by atoms with Crippen molar-refractivity contribution in [3.63, 3.8) is 0 Å². The first-order chi connectivity index (χ1) is 9.45. The van der Waals surface area contributed by atoms with Gasteiger partial charge in [-0.25, -0.2) is 8.78 Å². The van der Waals surface area contributed by atoms with Gasteiger partial charge in [-0.05, 0) is 46.3 Å². The lowest BCUT2D eigenvalue weighted by molar-refractivity contribution is 0.203. The van der Waals surface area contributed by atoms with Crippen molar-refractivity contribution in [1.29, 1.82) is 0 Å². The smallest absolute Gasteiger partial charge is 0.146 e. The van der Waals surface area contributed by atoms with Crippen molar-refractivity contribution in [3.05, 3.63) is 62.6 Å². The minimum atomic E-state index is -1.53. The fourth-order valence-electron chi connectivity index (χ4n) is 1.87. The lowest BCUT2D eigenvalue weighted by Gasteiger charge is -2.17. The normalized spacial score (nSPS) is 12.3. The van der Waals surface area contributed by atoms with Crippen LogP contribution in [0.15, 0.2) is 34.8 Å². The maximum atomic E-state index is 14.0. The summed E-state index contributed by atoms with van der Waals surface area (Å²) in [7, 11) is 1.40. The van der Waals surface area contributed by atoms with Crippen LogP contribution in [0, 0.1) is 11.6 Å². The number of halogens is 4. The van der Waals surface area contributed by atoms with E-state index in [0.29, 0.717) is 10.8 Å². The molecule has 0 heterocycles. The van der Waals surface area contributed by atoms with Gasteiger partial charge < -0.3 is 9.84 Å². The van der Waals surface area contributed by atoms with E-state index < -0.39 is 23.3 Å². The minimum Gasteiger partial charge on any atom is -0.496 e. The summed E-state index contributed by atoms with van der Waals surface area (Å²) in [5, 5.41) is 10.6. The van der Waals surface area contributed by atoms with E-state index in [2.05, 4.69) is 15.9 Å². The lowest BCUT2D eigenvalue weighted by atomic mass is 9.99. The summed E-state index contributed by atoms with van der Waals surface area (Å²) in [6, 6.07) is 6.79. The molecule has 0 amide bonds. The fourth-order valence-corrected chi connectivity index (χ4v) is 2.39. The van der Waals surface area contributed by atoms with Crippen LogP contribution in [-0.4, -0.2) is 12.2 Å². The zero-order chi connectivity index (χ0) is 14.9. The van der Waals surface area contributed by atoms with Gasteiger partial charge in [0.05, 0.1) is 17.1 Å². The number of aliphatic hydroxyl groups excluding tert-OH is 1. The SMILES string of the molecule is COc1ccc(Cl)cc1C(O)c1c(F)ccc(Br)c1F. The van der Waals surface area contributed by atoms with Crippen molar-refractivity contribution in [2.45, 2.75) is 6.10 Å². The van der Waals surface area contributed by atoms with Crippen molar-refractivity contribution in [2.75, 3.05) is 7.11 Å². The second-order valence-electron chi connectivity index (χ2n) is 4.05. The summed E-state index contributed by atoms with van der Waals surface area (Å²) in [6.45, 7) is 0. The lowest BCUT2D eigenvalue weighted by Crippen LogP contribution is -2.08. The van der Waals surface area contributed by atoms with Gasteiger partial charge in [-0.2, -0.15) is 0 Å². The third-order valence-electron chi connectivity index (χ3n) is 2.84. The summed E-state index contributed by atoms with van der Waals surface area (Å²) in [5.41, 5.74) is -0.268. The standard InChI is InChI=1S/C14H10BrClF2O2/c1-20-11-5-2-7(16)6-8(11)14(19)12-10(17)4-3-9(15)13(12)18/h2-6,14,19H,1H3. The number of aliphatic hydroxyl groups is 1. The van der Waals surface area contributed by atoms with Crippen LogP contribution < -0.4 is 4.74 Å². The second-order valence-corrected chi connectivity index (χ2v) is 5.34. The molecule has 1 N–H and O–H groups in total. The molecule has 0 bridgehead atoms. The van der Waals surface area contributed by atoms with Crippen LogP contribution in [0.1, 0.15) is 17.2 Å². The summed E-state index contributed by atoms with van der Waals surface area (Å²) in [6.07, 6.45) is -1.53. The highest BCUT2D eigenvalue weighted by molar-refractivity contribution is 9.10. The monoisotopic (exact) mass is 362 g/mol. The average molecular weight is 364 g/mol. The predicted molar refractivity (Wildman–Crippen MR) is 76.1 cm³/mol. The molecule has 0 radical (unpaired) electrons. The van der Waals surface area contributed by atoms with Crippen molar-refractivity contribution < 1.29 is 18.6 Å². The molecule has 2 aromatic rings. The van der Waals surface area contributed by atoms with Gasteiger partial charge in [0.1, 0.15) is 23.5 Å². The summed E-state index contributed by atoms with van der Waals surface area (Å²) in [4.78, 5) is 0. The van der Waals surface area contributed by atoms with E-state index in [1.165, 1.54) is 25.3 Å². The summed E-state index contributed by atoms with van der Waals surface area (Å²) < 4.78 is 33.0. The molecule has 0 saturated heterocycles. The van der Waals surface area contributed by atoms with Crippen LogP contribution in [0.2, 0.25) is 5.02 Å². The van der Waals surface area contributed by atoms with Crippen molar-refractivity contribution in [2.24, 2.45) is 0 Å². The van der Waals surface area contributed by atoms with E-state index in [1.807, 2.05) is 0 Å². The molecule has 0 spiro atoms. The van der Waals surface area contributed by atoms with Crippen molar-refractivity contribution >= 4 is 27.5 Å². The Morgan fingerprint density at radius 2 is 1.95 bits per heavy atom. The summed E-state index contributed by atoms with van der Waals surface area (Å²) in [5.74, 6) is -1.42. The first-order valence-corrected chi connectivity index (χ1v) is 6.77. The minimum absolute atomic E-state index is 0.0638. The zero-order valence-corrected chi connectivity index (χ0v) is 12.7. The molecular formula is C14H10BrClF2O2. The van der Waals surface area contributed by atoms with Gasteiger partial charge in [-0.15, -0.1) is 0 Å². The largest absolute Gasteiger partial charge is 0.496 e. The number of ether oxygens (including phenoxy) is 1. The second kappa shape index (κ2) is 6.08.